The zero-order valence-electron chi connectivity index (χ0n) is 16.0. The summed E-state index contributed by atoms with van der Waals surface area (Å²) < 4.78 is 10.9. The maximum absolute atomic E-state index is 12.4. The number of hydrogen-bond donors (Lipinski definition) is 0. The van der Waals surface area contributed by atoms with Crippen molar-refractivity contribution in [2.75, 3.05) is 46.4 Å². The molecule has 2 aromatic rings. The largest absolute Gasteiger partial charge is 0.497 e. The molecule has 1 amide bonds. The molecule has 1 aliphatic heterocycles. The van der Waals surface area contributed by atoms with E-state index in [0.717, 1.165) is 30.9 Å². The molecule has 148 valence electrons. The summed E-state index contributed by atoms with van der Waals surface area (Å²) in [6.07, 6.45) is 3.46. The number of ether oxygens (including phenoxy) is 2. The highest BCUT2D eigenvalue weighted by Crippen LogP contribution is 2.23. The first-order valence-corrected chi connectivity index (χ1v) is 9.74. The van der Waals surface area contributed by atoms with E-state index in [0.29, 0.717) is 30.5 Å². The van der Waals surface area contributed by atoms with Crippen molar-refractivity contribution >= 4 is 23.6 Å². The Morgan fingerprint density at radius 2 is 1.89 bits per heavy atom. The number of hydrogen-bond acceptors (Lipinski definition) is 4. The number of carbonyl (C=O) groups excluding carboxylic acids is 1. The molecule has 1 aliphatic rings. The van der Waals surface area contributed by atoms with Crippen LogP contribution < -0.4 is 9.47 Å². The third kappa shape index (κ3) is 5.75. The van der Waals surface area contributed by atoms with Crippen LogP contribution in [0.3, 0.4) is 0 Å². The monoisotopic (exact) mass is 400 g/mol. The molecule has 3 rings (SSSR count). The van der Waals surface area contributed by atoms with E-state index >= 15 is 0 Å². The normalized spacial score (nSPS) is 15.0. The third-order valence-corrected chi connectivity index (χ3v) is 5.01. The van der Waals surface area contributed by atoms with Crippen molar-refractivity contribution in [3.63, 3.8) is 0 Å². The molecule has 1 saturated heterocycles. The fraction of sp³-hybridized carbons (Fsp3) is 0.318. The molecule has 5 nitrogen and oxygen atoms in total. The van der Waals surface area contributed by atoms with Crippen molar-refractivity contribution in [1.82, 2.24) is 9.80 Å². The van der Waals surface area contributed by atoms with Gasteiger partial charge in [-0.05, 0) is 35.9 Å². The quantitative estimate of drug-likeness (QED) is 0.666. The molecule has 2 aromatic carbocycles. The van der Waals surface area contributed by atoms with Crippen molar-refractivity contribution in [2.45, 2.75) is 0 Å². The van der Waals surface area contributed by atoms with Crippen molar-refractivity contribution in [3.05, 3.63) is 65.2 Å². The second-order valence-corrected chi connectivity index (χ2v) is 6.96. The van der Waals surface area contributed by atoms with Crippen LogP contribution in [-0.4, -0.2) is 62.1 Å². The summed E-state index contributed by atoms with van der Waals surface area (Å²) in [7, 11) is 1.63. The number of halogens is 1. The molecule has 0 aromatic heterocycles. The lowest BCUT2D eigenvalue weighted by Crippen LogP contribution is -2.49. The summed E-state index contributed by atoms with van der Waals surface area (Å²) in [5, 5.41) is 0.626. The highest BCUT2D eigenvalue weighted by Gasteiger charge is 2.19. The number of benzene rings is 2. The van der Waals surface area contributed by atoms with Gasteiger partial charge >= 0.3 is 0 Å². The van der Waals surface area contributed by atoms with E-state index in [4.69, 9.17) is 21.1 Å². The molecule has 6 heteroatoms. The highest BCUT2D eigenvalue weighted by atomic mass is 35.5. The number of piperazine rings is 1. The standard InChI is InChI=1S/C22H25ClN2O3/c1-27-19-6-4-5-18(17-19)9-10-22(26)25-13-11-24(12-14-25)15-16-28-21-8-3-2-7-20(21)23/h2-10,17H,11-16H2,1H3/b10-9+. The SMILES string of the molecule is COc1cccc(/C=C/C(=O)N2CCN(CCOc3ccccc3Cl)CC2)c1. The van der Waals surface area contributed by atoms with Crippen LogP contribution >= 0.6 is 11.6 Å². The van der Waals surface area contributed by atoms with Crippen LogP contribution in [0.25, 0.3) is 6.08 Å². The summed E-state index contributed by atoms with van der Waals surface area (Å²) in [5.41, 5.74) is 0.947. The van der Waals surface area contributed by atoms with Gasteiger partial charge in [-0.15, -0.1) is 0 Å². The van der Waals surface area contributed by atoms with E-state index in [1.165, 1.54) is 0 Å². The van der Waals surface area contributed by atoms with Gasteiger partial charge in [-0.25, -0.2) is 0 Å². The summed E-state index contributed by atoms with van der Waals surface area (Å²) in [6.45, 7) is 4.50. The van der Waals surface area contributed by atoms with Crippen LogP contribution in [0.15, 0.2) is 54.6 Å². The zero-order chi connectivity index (χ0) is 19.8. The minimum Gasteiger partial charge on any atom is -0.497 e. The van der Waals surface area contributed by atoms with Gasteiger partial charge in [0.05, 0.1) is 12.1 Å². The first-order chi connectivity index (χ1) is 13.7. The zero-order valence-corrected chi connectivity index (χ0v) is 16.8. The van der Waals surface area contributed by atoms with Crippen LogP contribution in [0.5, 0.6) is 11.5 Å². The van der Waals surface area contributed by atoms with Crippen LogP contribution in [0.1, 0.15) is 5.56 Å². The van der Waals surface area contributed by atoms with Crippen LogP contribution in [0.2, 0.25) is 5.02 Å². The molecule has 28 heavy (non-hydrogen) atoms. The highest BCUT2D eigenvalue weighted by molar-refractivity contribution is 6.32. The van der Waals surface area contributed by atoms with E-state index < -0.39 is 0 Å². The number of para-hydroxylation sites is 1. The Bertz CT molecular complexity index is 817. The Morgan fingerprint density at radius 3 is 2.64 bits per heavy atom. The Labute approximate surface area is 171 Å². The molecule has 0 N–H and O–H groups in total. The molecule has 0 unspecified atom stereocenters. The summed E-state index contributed by atoms with van der Waals surface area (Å²) >= 11 is 6.09. The fourth-order valence-electron chi connectivity index (χ4n) is 3.06. The average molecular weight is 401 g/mol. The predicted molar refractivity (Wildman–Crippen MR) is 112 cm³/mol. The van der Waals surface area contributed by atoms with E-state index in [-0.39, 0.29) is 5.91 Å². The minimum atomic E-state index is 0.0368. The van der Waals surface area contributed by atoms with E-state index in [2.05, 4.69) is 4.90 Å². The molecule has 0 atom stereocenters. The Morgan fingerprint density at radius 1 is 1.11 bits per heavy atom. The van der Waals surface area contributed by atoms with Gasteiger partial charge in [0.15, 0.2) is 0 Å². The van der Waals surface area contributed by atoms with Gasteiger partial charge in [-0.3, -0.25) is 9.69 Å². The molecular weight excluding hydrogens is 376 g/mol. The molecule has 1 heterocycles. The number of methoxy groups -OCH3 is 1. The van der Waals surface area contributed by atoms with Gasteiger partial charge in [-0.1, -0.05) is 35.9 Å². The Kier molecular flexibility index (Phi) is 7.34. The van der Waals surface area contributed by atoms with Gasteiger partial charge < -0.3 is 14.4 Å². The Hall–Kier alpha value is -2.50. The van der Waals surface area contributed by atoms with Crippen molar-refractivity contribution in [1.29, 1.82) is 0 Å². The molecule has 0 bridgehead atoms. The summed E-state index contributed by atoms with van der Waals surface area (Å²) in [4.78, 5) is 16.6. The smallest absolute Gasteiger partial charge is 0.246 e. The van der Waals surface area contributed by atoms with Crippen LogP contribution in [0, 0.1) is 0 Å². The second-order valence-electron chi connectivity index (χ2n) is 6.56. The average Bonchev–Trinajstić information content (AvgIpc) is 2.74. The first-order valence-electron chi connectivity index (χ1n) is 9.36. The van der Waals surface area contributed by atoms with Gasteiger partial charge in [0, 0.05) is 38.8 Å². The topological polar surface area (TPSA) is 42.0 Å². The molecule has 0 radical (unpaired) electrons. The molecular formula is C22H25ClN2O3. The van der Waals surface area contributed by atoms with E-state index in [1.54, 1.807) is 13.2 Å². The number of amides is 1. The van der Waals surface area contributed by atoms with Gasteiger partial charge in [0.2, 0.25) is 5.91 Å². The molecule has 0 spiro atoms. The first kappa shape index (κ1) is 20.2. The van der Waals surface area contributed by atoms with Gasteiger partial charge in [0.25, 0.3) is 0 Å². The predicted octanol–water partition coefficient (Wildman–Crippen LogP) is 3.59. The Balaban J connectivity index is 1.41. The summed E-state index contributed by atoms with van der Waals surface area (Å²) in [5.74, 6) is 1.53. The van der Waals surface area contributed by atoms with Gasteiger partial charge in [0.1, 0.15) is 18.1 Å². The molecule has 0 aliphatic carbocycles. The van der Waals surface area contributed by atoms with Crippen LogP contribution in [0.4, 0.5) is 0 Å². The fourth-order valence-corrected chi connectivity index (χ4v) is 3.25. The third-order valence-electron chi connectivity index (χ3n) is 4.70. The van der Waals surface area contributed by atoms with E-state index in [9.17, 15) is 4.79 Å². The lowest BCUT2D eigenvalue weighted by Gasteiger charge is -2.34. The minimum absolute atomic E-state index is 0.0368. The van der Waals surface area contributed by atoms with Crippen LogP contribution in [-0.2, 0) is 4.79 Å². The molecule has 1 fully saturated rings. The summed E-state index contributed by atoms with van der Waals surface area (Å²) in [6, 6.07) is 15.1. The van der Waals surface area contributed by atoms with Gasteiger partial charge in [-0.2, -0.15) is 0 Å². The van der Waals surface area contributed by atoms with Crippen molar-refractivity contribution < 1.29 is 14.3 Å². The molecule has 0 saturated carbocycles. The maximum atomic E-state index is 12.4. The van der Waals surface area contributed by atoms with Crippen molar-refractivity contribution in [2.24, 2.45) is 0 Å². The lowest BCUT2D eigenvalue weighted by atomic mass is 10.2. The lowest BCUT2D eigenvalue weighted by molar-refractivity contribution is -0.127. The maximum Gasteiger partial charge on any atom is 0.246 e. The van der Waals surface area contributed by atoms with E-state index in [1.807, 2.05) is 59.5 Å². The number of nitrogens with zero attached hydrogens (tertiary/aromatic N) is 2. The second kappa shape index (κ2) is 10.2. The number of carbonyl (C=O) groups is 1. The van der Waals surface area contributed by atoms with Crippen molar-refractivity contribution in [3.8, 4) is 11.5 Å². The number of rotatable bonds is 7.